The molecule has 0 aliphatic carbocycles. The van der Waals surface area contributed by atoms with Crippen LogP contribution in [0.4, 0.5) is 61.5 Å². The van der Waals surface area contributed by atoms with Crippen LogP contribution in [0, 0.1) is 0 Å². The number of hydrogen-bond donors (Lipinski definition) is 1. The van der Waals surface area contributed by atoms with Gasteiger partial charge in [0.1, 0.15) is 0 Å². The largest absolute Gasteiger partial charge is 0.743 e. The maximum Gasteiger partial charge on any atom is 0.425 e. The molecule has 26 heavy (non-hydrogen) atoms. The van der Waals surface area contributed by atoms with E-state index in [1.54, 1.807) is 0 Å². The SMILES string of the molecule is O=S(=O)([O-])C(F)(F)C(F)(F)C(F)(F)C(F)(F)C(F)(F)C(F)C(F)(F)F.[NH4+]. The lowest BCUT2D eigenvalue weighted by Gasteiger charge is -2.40. The van der Waals surface area contributed by atoms with Gasteiger partial charge in [-0.2, -0.15) is 57.1 Å². The van der Waals surface area contributed by atoms with Gasteiger partial charge >= 0.3 is 35.1 Å². The Hall–Kier alpha value is -1.11. The third kappa shape index (κ3) is 3.51. The minimum absolute atomic E-state index is 0. The van der Waals surface area contributed by atoms with Crippen molar-refractivity contribution in [2.75, 3.05) is 0 Å². The maximum absolute atomic E-state index is 12.9. The Morgan fingerprint density at radius 1 is 0.654 bits per heavy atom. The smallest absolute Gasteiger partial charge is 0.425 e. The molecule has 0 aliphatic rings. The monoisotopic (exact) mass is 449 g/mol. The average Bonchev–Trinajstić information content (AvgIpc) is 2.34. The van der Waals surface area contributed by atoms with Crippen LogP contribution >= 0.6 is 0 Å². The molecule has 0 aromatic rings. The van der Waals surface area contributed by atoms with Crippen molar-refractivity contribution in [3.8, 4) is 0 Å². The highest BCUT2D eigenvalue weighted by Gasteiger charge is 2.90. The zero-order chi connectivity index (χ0) is 21.1. The van der Waals surface area contributed by atoms with Crippen LogP contribution in [0.15, 0.2) is 0 Å². The fraction of sp³-hybridized carbons (Fsp3) is 1.00. The lowest BCUT2D eigenvalue weighted by atomic mass is 9.95. The summed E-state index contributed by atoms with van der Waals surface area (Å²) in [4.78, 5) is 0. The van der Waals surface area contributed by atoms with Crippen molar-refractivity contribution in [2.24, 2.45) is 0 Å². The van der Waals surface area contributed by atoms with Crippen LogP contribution < -0.4 is 6.15 Å². The van der Waals surface area contributed by atoms with E-state index in [9.17, 15) is 74.4 Å². The van der Waals surface area contributed by atoms with Gasteiger partial charge in [0.2, 0.25) is 0 Å². The Kier molecular flexibility index (Phi) is 6.78. The van der Waals surface area contributed by atoms with Gasteiger partial charge in [0.25, 0.3) is 6.17 Å². The fourth-order valence-corrected chi connectivity index (χ4v) is 1.55. The molecule has 19 heteroatoms. The summed E-state index contributed by atoms with van der Waals surface area (Å²) in [6.45, 7) is 0. The summed E-state index contributed by atoms with van der Waals surface area (Å²) in [5.74, 6) is -32.5. The van der Waals surface area contributed by atoms with Gasteiger partial charge in [0.05, 0.1) is 0 Å². The molecule has 0 saturated heterocycles. The number of hydrogen-bond acceptors (Lipinski definition) is 3. The van der Waals surface area contributed by atoms with E-state index in [-0.39, 0.29) is 6.15 Å². The lowest BCUT2D eigenvalue weighted by molar-refractivity contribution is -0.409. The van der Waals surface area contributed by atoms with E-state index in [0.29, 0.717) is 0 Å². The molecule has 0 aromatic heterocycles. The van der Waals surface area contributed by atoms with Crippen molar-refractivity contribution >= 4 is 10.1 Å². The van der Waals surface area contributed by atoms with E-state index in [0.717, 1.165) is 0 Å². The summed E-state index contributed by atoms with van der Waals surface area (Å²) < 4.78 is 204. The van der Waals surface area contributed by atoms with Crippen molar-refractivity contribution in [1.29, 1.82) is 0 Å². The summed E-state index contributed by atoms with van der Waals surface area (Å²) in [6.07, 6.45) is -13.3. The van der Waals surface area contributed by atoms with Crippen molar-refractivity contribution in [2.45, 2.75) is 41.3 Å². The van der Waals surface area contributed by atoms with Crippen LogP contribution in [0.3, 0.4) is 0 Å². The molecule has 0 spiro atoms. The van der Waals surface area contributed by atoms with Gasteiger partial charge in [-0.15, -0.1) is 0 Å². The maximum atomic E-state index is 12.9. The number of rotatable bonds is 6. The van der Waals surface area contributed by atoms with E-state index in [1.165, 1.54) is 0 Å². The Balaban J connectivity index is 0. The second kappa shape index (κ2) is 6.50. The molecule has 1 unspecified atom stereocenters. The molecule has 0 fully saturated rings. The minimum atomic E-state index is -8.32. The van der Waals surface area contributed by atoms with E-state index in [2.05, 4.69) is 0 Å². The Labute approximate surface area is 133 Å². The molecule has 0 amide bonds. The zero-order valence-electron chi connectivity index (χ0n) is 11.5. The number of quaternary nitrogens is 1. The highest BCUT2D eigenvalue weighted by molar-refractivity contribution is 7.86. The average molecular weight is 449 g/mol. The van der Waals surface area contributed by atoms with Gasteiger partial charge in [0, 0.05) is 0 Å². The molecule has 0 aliphatic heterocycles. The molecule has 160 valence electrons. The standard InChI is InChI=1S/C7H2F14O3S.H3N/c8-1(3(11,12)13)2(9,10)4(14,15)5(16,17)6(18,19)7(20,21)25(22,23)24;/h1H,(H,22,23,24);1H3. The molecule has 0 aromatic carbocycles. The first kappa shape index (κ1) is 27.1. The zero-order valence-corrected chi connectivity index (χ0v) is 12.3. The molecular formula is C7H5F14NO3S. The number of alkyl halides is 14. The Morgan fingerprint density at radius 3 is 1.19 bits per heavy atom. The van der Waals surface area contributed by atoms with Crippen LogP contribution in [-0.2, 0) is 10.1 Å². The first-order chi connectivity index (χ1) is 10.4. The molecule has 0 bridgehead atoms. The van der Waals surface area contributed by atoms with Gasteiger partial charge in [-0.05, 0) is 0 Å². The van der Waals surface area contributed by atoms with E-state index >= 15 is 0 Å². The topological polar surface area (TPSA) is 93.7 Å². The molecule has 0 saturated carbocycles. The van der Waals surface area contributed by atoms with Gasteiger partial charge < -0.3 is 10.7 Å². The first-order valence-electron chi connectivity index (χ1n) is 4.96. The van der Waals surface area contributed by atoms with E-state index in [1.807, 2.05) is 0 Å². The minimum Gasteiger partial charge on any atom is -0.743 e. The first-order valence-corrected chi connectivity index (χ1v) is 6.36. The van der Waals surface area contributed by atoms with Crippen LogP contribution in [0.1, 0.15) is 0 Å². The Bertz CT molecular complexity index is 611. The van der Waals surface area contributed by atoms with Crippen LogP contribution in [0.25, 0.3) is 0 Å². The van der Waals surface area contributed by atoms with E-state index in [4.69, 9.17) is 0 Å². The summed E-state index contributed by atoms with van der Waals surface area (Å²) in [5, 5.41) is -7.67. The molecule has 1 atom stereocenters. The molecule has 0 heterocycles. The second-order valence-corrected chi connectivity index (χ2v) is 5.64. The molecule has 4 N–H and O–H groups in total. The summed E-state index contributed by atoms with van der Waals surface area (Å²) in [6, 6.07) is 0. The van der Waals surface area contributed by atoms with Gasteiger partial charge in [0.15, 0.2) is 10.1 Å². The second-order valence-electron chi connectivity index (χ2n) is 4.22. The predicted molar refractivity (Wildman–Crippen MR) is 51.4 cm³/mol. The summed E-state index contributed by atoms with van der Waals surface area (Å²) >= 11 is 0. The molecule has 0 rings (SSSR count). The third-order valence-electron chi connectivity index (χ3n) is 2.49. The van der Waals surface area contributed by atoms with Crippen molar-refractivity contribution in [3.63, 3.8) is 0 Å². The quantitative estimate of drug-likeness (QED) is 0.492. The molecule has 0 radical (unpaired) electrons. The van der Waals surface area contributed by atoms with Crippen molar-refractivity contribution in [1.82, 2.24) is 6.15 Å². The van der Waals surface area contributed by atoms with Crippen LogP contribution in [0.2, 0.25) is 0 Å². The lowest BCUT2D eigenvalue weighted by Crippen LogP contribution is -2.71. The summed E-state index contributed by atoms with van der Waals surface area (Å²) in [5.41, 5.74) is 0. The highest BCUT2D eigenvalue weighted by atomic mass is 32.2. The van der Waals surface area contributed by atoms with Crippen molar-refractivity contribution < 1.29 is 74.4 Å². The third-order valence-corrected chi connectivity index (χ3v) is 3.38. The van der Waals surface area contributed by atoms with Gasteiger partial charge in [-0.25, -0.2) is 12.8 Å². The van der Waals surface area contributed by atoms with Crippen LogP contribution in [-0.4, -0.2) is 54.3 Å². The molecular weight excluding hydrogens is 444 g/mol. The fourth-order valence-electron chi connectivity index (χ4n) is 1.11. The number of halogens is 14. The Morgan fingerprint density at radius 2 is 0.962 bits per heavy atom. The van der Waals surface area contributed by atoms with Gasteiger partial charge in [-0.1, -0.05) is 0 Å². The van der Waals surface area contributed by atoms with E-state index < -0.39 is 51.4 Å². The van der Waals surface area contributed by atoms with Crippen LogP contribution in [0.5, 0.6) is 0 Å². The molecule has 4 nitrogen and oxygen atoms in total. The van der Waals surface area contributed by atoms with Gasteiger partial charge in [-0.3, -0.25) is 0 Å². The van der Waals surface area contributed by atoms with Crippen molar-refractivity contribution in [3.05, 3.63) is 0 Å². The summed E-state index contributed by atoms with van der Waals surface area (Å²) in [7, 11) is -7.91. The predicted octanol–water partition coefficient (Wildman–Crippen LogP) is 3.94. The normalized spacial score (nSPS) is 16.9. The highest BCUT2D eigenvalue weighted by Crippen LogP contribution is 2.59.